The third-order valence-electron chi connectivity index (χ3n) is 1.94. The van der Waals surface area contributed by atoms with Crippen LogP contribution in [0, 0.1) is 6.92 Å². The fourth-order valence-electron chi connectivity index (χ4n) is 1.09. The number of rotatable bonds is 5. The second-order valence-corrected chi connectivity index (χ2v) is 4.34. The molecule has 3 nitrogen and oxygen atoms in total. The molecule has 0 saturated carbocycles. The molecule has 1 atom stereocenters. The average molecular weight is 199 g/mol. The second kappa shape index (κ2) is 5.29. The molecule has 0 aromatic carbocycles. The lowest BCUT2D eigenvalue weighted by molar-refractivity contribution is 0.764. The Morgan fingerprint density at radius 2 is 2.46 bits per heavy atom. The van der Waals surface area contributed by atoms with Crippen molar-refractivity contribution in [2.45, 2.75) is 37.8 Å². The molecule has 0 saturated heterocycles. The van der Waals surface area contributed by atoms with Crippen molar-refractivity contribution in [3.63, 3.8) is 0 Å². The Balaban J connectivity index is 2.30. The Morgan fingerprint density at radius 3 is 3.00 bits per heavy atom. The monoisotopic (exact) mass is 199 g/mol. The number of aromatic nitrogens is 2. The lowest BCUT2D eigenvalue weighted by Crippen LogP contribution is -2.14. The quantitative estimate of drug-likeness (QED) is 0.713. The number of hydrogen-bond donors (Lipinski definition) is 2. The molecule has 0 bridgehead atoms. The van der Waals surface area contributed by atoms with Gasteiger partial charge in [0.15, 0.2) is 0 Å². The Kier molecular flexibility index (Phi) is 4.32. The van der Waals surface area contributed by atoms with Gasteiger partial charge in [-0.05, 0) is 13.3 Å². The van der Waals surface area contributed by atoms with Crippen molar-refractivity contribution in [2.24, 2.45) is 5.73 Å². The van der Waals surface area contributed by atoms with Crippen molar-refractivity contribution >= 4 is 11.8 Å². The fourth-order valence-corrected chi connectivity index (χ4v) is 2.15. The van der Waals surface area contributed by atoms with Crippen LogP contribution in [0.2, 0.25) is 0 Å². The fraction of sp³-hybridized carbons (Fsp3) is 0.667. The van der Waals surface area contributed by atoms with Crippen LogP contribution in [-0.4, -0.2) is 15.3 Å². The highest BCUT2D eigenvalue weighted by molar-refractivity contribution is 7.99. The van der Waals surface area contributed by atoms with Crippen molar-refractivity contribution in [2.75, 3.05) is 0 Å². The van der Waals surface area contributed by atoms with Gasteiger partial charge in [0, 0.05) is 11.4 Å². The van der Waals surface area contributed by atoms with E-state index in [0.717, 1.165) is 30.0 Å². The number of nitrogens with two attached hydrogens (primary N) is 1. The maximum atomic E-state index is 5.88. The van der Waals surface area contributed by atoms with Gasteiger partial charge in [0.05, 0.1) is 17.4 Å². The topological polar surface area (TPSA) is 54.7 Å². The zero-order valence-electron chi connectivity index (χ0n) is 8.21. The number of hydrogen-bond acceptors (Lipinski definition) is 3. The van der Waals surface area contributed by atoms with Crippen LogP contribution >= 0.6 is 11.8 Å². The van der Waals surface area contributed by atoms with Gasteiger partial charge >= 0.3 is 0 Å². The third-order valence-corrected chi connectivity index (χ3v) is 3.05. The summed E-state index contributed by atoms with van der Waals surface area (Å²) >= 11 is 1.77. The summed E-state index contributed by atoms with van der Waals surface area (Å²) in [6.07, 6.45) is 3.96. The van der Waals surface area contributed by atoms with Crippen LogP contribution in [0.15, 0.2) is 6.33 Å². The van der Waals surface area contributed by atoms with Crippen molar-refractivity contribution in [3.8, 4) is 0 Å². The number of nitrogens with zero attached hydrogens (tertiary/aromatic N) is 1. The number of imidazole rings is 1. The molecule has 4 heteroatoms. The summed E-state index contributed by atoms with van der Waals surface area (Å²) in [5, 5.41) is 0.251. The maximum absolute atomic E-state index is 5.88. The molecule has 1 heterocycles. The standard InChI is InChI=1S/C9H17N3S/c1-3-4-9(10)13-5-8-7(2)11-6-12-8/h6,9H,3-5,10H2,1-2H3,(H,11,12)/t9-/m0/s1. The molecular formula is C9H17N3S. The van der Waals surface area contributed by atoms with Gasteiger partial charge in [-0.25, -0.2) is 4.98 Å². The van der Waals surface area contributed by atoms with Gasteiger partial charge in [-0.3, -0.25) is 0 Å². The highest BCUT2D eigenvalue weighted by atomic mass is 32.2. The lowest BCUT2D eigenvalue weighted by Gasteiger charge is -2.08. The molecule has 1 aromatic heterocycles. The summed E-state index contributed by atoms with van der Waals surface area (Å²) in [5.41, 5.74) is 8.15. The van der Waals surface area contributed by atoms with E-state index in [1.165, 1.54) is 0 Å². The summed E-state index contributed by atoms with van der Waals surface area (Å²) in [6.45, 7) is 4.19. The van der Waals surface area contributed by atoms with Crippen LogP contribution in [0.4, 0.5) is 0 Å². The molecule has 1 rings (SSSR count). The van der Waals surface area contributed by atoms with Crippen LogP contribution in [0.25, 0.3) is 0 Å². The largest absolute Gasteiger partial charge is 0.348 e. The molecule has 74 valence electrons. The van der Waals surface area contributed by atoms with Gasteiger partial charge in [0.2, 0.25) is 0 Å². The highest BCUT2D eigenvalue weighted by Gasteiger charge is 2.05. The van der Waals surface area contributed by atoms with Crippen LogP contribution in [-0.2, 0) is 5.75 Å². The third kappa shape index (κ3) is 3.40. The summed E-state index contributed by atoms with van der Waals surface area (Å²) in [5.74, 6) is 0.913. The van der Waals surface area contributed by atoms with Crippen molar-refractivity contribution in [1.82, 2.24) is 9.97 Å². The summed E-state index contributed by atoms with van der Waals surface area (Å²) in [7, 11) is 0. The van der Waals surface area contributed by atoms with E-state index in [0.29, 0.717) is 0 Å². The molecule has 0 radical (unpaired) electrons. The zero-order valence-corrected chi connectivity index (χ0v) is 9.03. The SMILES string of the molecule is CCC[C@@H](N)SCc1nc[nH]c1C. The van der Waals surface area contributed by atoms with Crippen molar-refractivity contribution in [1.29, 1.82) is 0 Å². The molecule has 0 fully saturated rings. The van der Waals surface area contributed by atoms with E-state index in [4.69, 9.17) is 5.73 Å². The van der Waals surface area contributed by atoms with Crippen LogP contribution in [0.5, 0.6) is 0 Å². The second-order valence-electron chi connectivity index (χ2n) is 3.11. The van der Waals surface area contributed by atoms with Gasteiger partial charge in [0.25, 0.3) is 0 Å². The van der Waals surface area contributed by atoms with Gasteiger partial charge in [-0.1, -0.05) is 13.3 Å². The first-order valence-corrected chi connectivity index (χ1v) is 5.65. The van der Waals surface area contributed by atoms with E-state index < -0.39 is 0 Å². The van der Waals surface area contributed by atoms with Crippen molar-refractivity contribution in [3.05, 3.63) is 17.7 Å². The summed E-state index contributed by atoms with van der Waals surface area (Å²) in [4.78, 5) is 7.28. The normalized spacial score (nSPS) is 13.2. The van der Waals surface area contributed by atoms with E-state index in [2.05, 4.69) is 16.9 Å². The average Bonchev–Trinajstić information content (AvgIpc) is 2.48. The first-order chi connectivity index (χ1) is 6.24. The molecule has 0 aliphatic carbocycles. The number of H-pyrrole nitrogens is 1. The molecule has 0 amide bonds. The van der Waals surface area contributed by atoms with Gasteiger partial charge in [-0.15, -0.1) is 11.8 Å². The lowest BCUT2D eigenvalue weighted by atomic mass is 10.3. The molecular weight excluding hydrogens is 182 g/mol. The Hall–Kier alpha value is -0.480. The van der Waals surface area contributed by atoms with Crippen molar-refractivity contribution < 1.29 is 0 Å². The summed E-state index contributed by atoms with van der Waals surface area (Å²) < 4.78 is 0. The van der Waals surface area contributed by atoms with E-state index in [9.17, 15) is 0 Å². The summed E-state index contributed by atoms with van der Waals surface area (Å²) in [6, 6.07) is 0. The molecule has 0 unspecified atom stereocenters. The molecule has 0 aliphatic heterocycles. The number of thioether (sulfide) groups is 1. The zero-order chi connectivity index (χ0) is 9.68. The smallest absolute Gasteiger partial charge is 0.0925 e. The van der Waals surface area contributed by atoms with Gasteiger partial charge in [0.1, 0.15) is 0 Å². The maximum Gasteiger partial charge on any atom is 0.0925 e. The van der Waals surface area contributed by atoms with E-state index in [-0.39, 0.29) is 5.37 Å². The number of aromatic amines is 1. The molecule has 13 heavy (non-hydrogen) atoms. The Bertz CT molecular complexity index is 247. The Labute approximate surface area is 83.5 Å². The first kappa shape index (κ1) is 10.6. The highest BCUT2D eigenvalue weighted by Crippen LogP contribution is 2.17. The molecule has 3 N–H and O–H groups in total. The first-order valence-electron chi connectivity index (χ1n) is 4.60. The van der Waals surface area contributed by atoms with Gasteiger partial charge < -0.3 is 10.7 Å². The van der Waals surface area contributed by atoms with E-state index in [1.807, 2.05) is 6.92 Å². The van der Waals surface area contributed by atoms with Crippen LogP contribution in [0.3, 0.4) is 0 Å². The number of aryl methyl sites for hydroxylation is 1. The van der Waals surface area contributed by atoms with Gasteiger partial charge in [-0.2, -0.15) is 0 Å². The van der Waals surface area contributed by atoms with E-state index >= 15 is 0 Å². The molecule has 1 aromatic rings. The number of nitrogens with one attached hydrogen (secondary N) is 1. The minimum Gasteiger partial charge on any atom is -0.348 e. The predicted molar refractivity (Wildman–Crippen MR) is 57.5 cm³/mol. The van der Waals surface area contributed by atoms with E-state index in [1.54, 1.807) is 18.1 Å². The predicted octanol–water partition coefficient (Wildman–Crippen LogP) is 2.04. The minimum absolute atomic E-state index is 0.251. The Morgan fingerprint density at radius 1 is 1.69 bits per heavy atom. The van der Waals surface area contributed by atoms with Crippen LogP contribution in [0.1, 0.15) is 31.2 Å². The minimum atomic E-state index is 0.251. The molecule has 0 spiro atoms. The molecule has 0 aliphatic rings. The van der Waals surface area contributed by atoms with Crippen LogP contribution < -0.4 is 5.73 Å².